The van der Waals surface area contributed by atoms with Crippen LogP contribution in [0.2, 0.25) is 0 Å². The summed E-state index contributed by atoms with van der Waals surface area (Å²) in [6, 6.07) is 7.17. The Labute approximate surface area is 142 Å². The van der Waals surface area contributed by atoms with Crippen molar-refractivity contribution in [1.29, 1.82) is 0 Å². The highest BCUT2D eigenvalue weighted by atomic mass is 16.3. The van der Waals surface area contributed by atoms with Gasteiger partial charge in [-0.15, -0.1) is 0 Å². The number of hydrogen-bond donors (Lipinski definition) is 3. The average molecular weight is 330 g/mol. The lowest BCUT2D eigenvalue weighted by Gasteiger charge is -2.14. The van der Waals surface area contributed by atoms with E-state index in [2.05, 4.69) is 15.6 Å². The Morgan fingerprint density at radius 2 is 2.08 bits per heavy atom. The molecule has 24 heavy (non-hydrogen) atoms. The number of carbonyl (C=O) groups excluding carboxylic acids is 1. The highest BCUT2D eigenvalue weighted by Gasteiger charge is 2.07. The highest BCUT2D eigenvalue weighted by molar-refractivity contribution is 5.74. The number of amides is 2. The van der Waals surface area contributed by atoms with Gasteiger partial charge in [-0.1, -0.05) is 12.1 Å². The molecule has 1 aromatic carbocycles. The van der Waals surface area contributed by atoms with E-state index in [1.165, 1.54) is 0 Å². The van der Waals surface area contributed by atoms with Crippen LogP contribution in [0.4, 0.5) is 4.79 Å². The summed E-state index contributed by atoms with van der Waals surface area (Å²) in [6.07, 6.45) is 9.18. The lowest BCUT2D eigenvalue weighted by atomic mass is 10.1. The molecular weight excluding hydrogens is 304 g/mol. The van der Waals surface area contributed by atoms with Crippen molar-refractivity contribution in [1.82, 2.24) is 20.2 Å². The summed E-state index contributed by atoms with van der Waals surface area (Å²) < 4.78 is 2.03. The molecule has 1 heterocycles. The van der Waals surface area contributed by atoms with Crippen molar-refractivity contribution in [3.05, 3.63) is 48.5 Å². The monoisotopic (exact) mass is 330 g/mol. The molecule has 0 radical (unpaired) electrons. The Morgan fingerprint density at radius 1 is 1.29 bits per heavy atom. The average Bonchev–Trinajstić information content (AvgIpc) is 3.07. The Hall–Kier alpha value is -2.50. The molecule has 2 aromatic rings. The first-order chi connectivity index (χ1) is 11.6. The van der Waals surface area contributed by atoms with Gasteiger partial charge in [-0.25, -0.2) is 9.78 Å². The number of aryl methyl sites for hydroxylation is 2. The number of carbonyl (C=O) groups is 1. The number of imidazole rings is 1. The summed E-state index contributed by atoms with van der Waals surface area (Å²) >= 11 is 0. The van der Waals surface area contributed by atoms with Crippen LogP contribution in [0, 0.1) is 0 Å². The molecule has 6 nitrogen and oxygen atoms in total. The molecule has 0 fully saturated rings. The fourth-order valence-electron chi connectivity index (χ4n) is 2.43. The van der Waals surface area contributed by atoms with E-state index in [-0.39, 0.29) is 17.8 Å². The quantitative estimate of drug-likeness (QED) is 0.619. The second kappa shape index (κ2) is 9.60. The highest BCUT2D eigenvalue weighted by Crippen LogP contribution is 2.11. The number of phenols is 1. The Bertz CT molecular complexity index is 596. The van der Waals surface area contributed by atoms with Gasteiger partial charge in [-0.3, -0.25) is 0 Å². The van der Waals surface area contributed by atoms with E-state index in [1.54, 1.807) is 24.7 Å². The van der Waals surface area contributed by atoms with Gasteiger partial charge in [0.05, 0.1) is 6.33 Å². The molecule has 1 atom stereocenters. The molecule has 0 saturated heterocycles. The zero-order valence-electron chi connectivity index (χ0n) is 14.1. The van der Waals surface area contributed by atoms with Crippen molar-refractivity contribution in [3.63, 3.8) is 0 Å². The summed E-state index contributed by atoms with van der Waals surface area (Å²) in [5.74, 6) is 0.275. The van der Waals surface area contributed by atoms with Crippen LogP contribution < -0.4 is 10.6 Å². The zero-order chi connectivity index (χ0) is 17.2. The summed E-state index contributed by atoms with van der Waals surface area (Å²) in [5.41, 5.74) is 1.15. The number of nitrogens with zero attached hydrogens (tertiary/aromatic N) is 2. The van der Waals surface area contributed by atoms with Crippen LogP contribution in [0.15, 0.2) is 43.0 Å². The van der Waals surface area contributed by atoms with E-state index in [9.17, 15) is 9.90 Å². The predicted octanol–water partition coefficient (Wildman–Crippen LogP) is 2.69. The molecule has 0 aliphatic rings. The zero-order valence-corrected chi connectivity index (χ0v) is 14.1. The van der Waals surface area contributed by atoms with Crippen LogP contribution in [0.5, 0.6) is 5.75 Å². The van der Waals surface area contributed by atoms with Crippen LogP contribution >= 0.6 is 0 Å². The summed E-state index contributed by atoms with van der Waals surface area (Å²) in [4.78, 5) is 15.8. The maximum atomic E-state index is 11.8. The van der Waals surface area contributed by atoms with E-state index in [0.29, 0.717) is 6.54 Å². The van der Waals surface area contributed by atoms with Crippen LogP contribution in [0.3, 0.4) is 0 Å². The predicted molar refractivity (Wildman–Crippen MR) is 93.9 cm³/mol. The minimum absolute atomic E-state index is 0.102. The van der Waals surface area contributed by atoms with Crippen molar-refractivity contribution < 1.29 is 9.90 Å². The normalized spacial score (nSPS) is 11.9. The van der Waals surface area contributed by atoms with Gasteiger partial charge in [-0.2, -0.15) is 0 Å². The summed E-state index contributed by atoms with van der Waals surface area (Å²) in [5, 5.41) is 15.1. The maximum absolute atomic E-state index is 11.8. The molecule has 2 amide bonds. The number of benzene rings is 1. The first-order valence-corrected chi connectivity index (χ1v) is 8.41. The number of aromatic nitrogens is 2. The lowest BCUT2D eigenvalue weighted by molar-refractivity contribution is 0.237. The largest absolute Gasteiger partial charge is 0.508 e. The van der Waals surface area contributed by atoms with Gasteiger partial charge >= 0.3 is 6.03 Å². The third-order valence-electron chi connectivity index (χ3n) is 3.87. The van der Waals surface area contributed by atoms with Crippen molar-refractivity contribution >= 4 is 6.03 Å². The Morgan fingerprint density at radius 3 is 2.79 bits per heavy atom. The topological polar surface area (TPSA) is 79.2 Å². The molecule has 0 spiro atoms. The number of phenolic OH excluding ortho intramolecular Hbond substituents is 1. The second-order valence-corrected chi connectivity index (χ2v) is 6.01. The lowest BCUT2D eigenvalue weighted by Crippen LogP contribution is -2.41. The molecule has 2 rings (SSSR count). The molecule has 130 valence electrons. The minimum atomic E-state index is -0.115. The minimum Gasteiger partial charge on any atom is -0.508 e. The van der Waals surface area contributed by atoms with Gasteiger partial charge in [0.2, 0.25) is 0 Å². The summed E-state index contributed by atoms with van der Waals surface area (Å²) in [7, 11) is 0. The number of nitrogens with one attached hydrogen (secondary N) is 2. The van der Waals surface area contributed by atoms with Crippen molar-refractivity contribution in [2.75, 3.05) is 6.54 Å². The number of rotatable bonds is 9. The van der Waals surface area contributed by atoms with E-state index in [4.69, 9.17) is 0 Å². The van der Waals surface area contributed by atoms with E-state index in [0.717, 1.165) is 37.8 Å². The number of urea groups is 1. The van der Waals surface area contributed by atoms with Gasteiger partial charge in [0.1, 0.15) is 5.75 Å². The first-order valence-electron chi connectivity index (χ1n) is 8.41. The molecule has 0 bridgehead atoms. The van der Waals surface area contributed by atoms with Crippen molar-refractivity contribution in [3.8, 4) is 5.75 Å². The Kier molecular flexibility index (Phi) is 7.14. The number of aromatic hydroxyl groups is 1. The van der Waals surface area contributed by atoms with Crippen LogP contribution in [-0.2, 0) is 13.0 Å². The van der Waals surface area contributed by atoms with Crippen LogP contribution in [0.25, 0.3) is 0 Å². The van der Waals surface area contributed by atoms with Gasteiger partial charge in [0.25, 0.3) is 0 Å². The fourth-order valence-corrected chi connectivity index (χ4v) is 2.43. The molecule has 0 saturated carbocycles. The SMILES string of the molecule is CC(CCc1ccc(O)cc1)NC(=O)NCCCCn1ccnc1. The fraction of sp³-hybridized carbons (Fsp3) is 0.444. The molecule has 1 aromatic heterocycles. The standard InChI is InChI=1S/C18H26N4O2/c1-15(4-5-16-6-8-17(23)9-7-16)21-18(24)20-10-2-3-12-22-13-11-19-14-22/h6-9,11,13-15,23H,2-5,10,12H2,1H3,(H2,20,21,24). The van der Waals surface area contributed by atoms with E-state index in [1.807, 2.05) is 29.8 Å². The second-order valence-electron chi connectivity index (χ2n) is 6.01. The Balaban J connectivity index is 1.53. The summed E-state index contributed by atoms with van der Waals surface area (Å²) in [6.45, 7) is 3.59. The number of hydrogen-bond acceptors (Lipinski definition) is 3. The molecule has 3 N–H and O–H groups in total. The molecule has 0 aliphatic carbocycles. The number of unbranched alkanes of at least 4 members (excludes halogenated alkanes) is 1. The van der Waals surface area contributed by atoms with E-state index >= 15 is 0 Å². The third kappa shape index (κ3) is 6.73. The van der Waals surface area contributed by atoms with Gasteiger partial charge in [0, 0.05) is 31.5 Å². The molecule has 1 unspecified atom stereocenters. The van der Waals surface area contributed by atoms with Gasteiger partial charge in [-0.05, 0) is 50.3 Å². The maximum Gasteiger partial charge on any atom is 0.314 e. The van der Waals surface area contributed by atoms with Crippen LogP contribution in [0.1, 0.15) is 31.7 Å². The molecule has 6 heteroatoms. The van der Waals surface area contributed by atoms with Crippen LogP contribution in [-0.4, -0.2) is 33.3 Å². The van der Waals surface area contributed by atoms with Gasteiger partial charge in [0.15, 0.2) is 0 Å². The van der Waals surface area contributed by atoms with Crippen molar-refractivity contribution in [2.24, 2.45) is 0 Å². The first kappa shape index (κ1) is 17.8. The van der Waals surface area contributed by atoms with Crippen molar-refractivity contribution in [2.45, 2.75) is 45.2 Å². The van der Waals surface area contributed by atoms with E-state index < -0.39 is 0 Å². The smallest absolute Gasteiger partial charge is 0.314 e. The third-order valence-corrected chi connectivity index (χ3v) is 3.87. The molecule has 0 aliphatic heterocycles. The van der Waals surface area contributed by atoms with Gasteiger partial charge < -0.3 is 20.3 Å². The molecular formula is C18H26N4O2.